The molecule has 0 radical (unpaired) electrons. The molecule has 3 N–H and O–H groups in total. The fourth-order valence-electron chi connectivity index (χ4n) is 2.21. The zero-order valence-electron chi connectivity index (χ0n) is 12.4. The minimum absolute atomic E-state index is 0.109. The number of esters is 1. The molecule has 0 aliphatic carbocycles. The quantitative estimate of drug-likeness (QED) is 0.629. The number of hydrogen-bond donors (Lipinski definition) is 2. The van der Waals surface area contributed by atoms with Gasteiger partial charge in [-0.15, -0.1) is 0 Å². The van der Waals surface area contributed by atoms with Crippen LogP contribution < -0.4 is 10.3 Å². The summed E-state index contributed by atoms with van der Waals surface area (Å²) in [5.41, 5.74) is 3.29. The number of H-pyrrole nitrogens is 1. The summed E-state index contributed by atoms with van der Waals surface area (Å²) in [5.74, 6) is -0.358. The molecule has 2 aromatic rings. The number of hydrogen-bond acceptors (Lipinski definition) is 4. The van der Waals surface area contributed by atoms with Crippen molar-refractivity contribution in [2.75, 3.05) is 25.1 Å². The highest BCUT2D eigenvalue weighted by atomic mass is 16.5. The van der Waals surface area contributed by atoms with E-state index >= 15 is 0 Å². The van der Waals surface area contributed by atoms with Crippen molar-refractivity contribution in [1.82, 2.24) is 0 Å². The molecule has 0 unspecified atom stereocenters. The van der Waals surface area contributed by atoms with Gasteiger partial charge in [-0.2, -0.15) is 0 Å². The smallest absolute Gasteiger partial charge is 0.346 e. The molecule has 21 heavy (non-hydrogen) atoms. The molecule has 0 saturated heterocycles. The molecule has 5 nitrogen and oxygen atoms in total. The van der Waals surface area contributed by atoms with Gasteiger partial charge in [0.2, 0.25) is 5.52 Å². The third-order valence-corrected chi connectivity index (χ3v) is 3.22. The Morgan fingerprint density at radius 2 is 2.24 bits per heavy atom. The van der Waals surface area contributed by atoms with Crippen LogP contribution in [0.5, 0.6) is 0 Å². The second-order valence-electron chi connectivity index (χ2n) is 4.85. The van der Waals surface area contributed by atoms with Crippen molar-refractivity contribution < 1.29 is 19.6 Å². The molecular formula is C16H21N2O3+. The van der Waals surface area contributed by atoms with E-state index in [0.29, 0.717) is 25.1 Å². The highest BCUT2D eigenvalue weighted by Gasteiger charge is 2.19. The highest BCUT2D eigenvalue weighted by molar-refractivity contribution is 6.03. The fraction of sp³-hybridized carbons (Fsp3) is 0.375. The molecule has 0 aliphatic heterocycles. The topological polar surface area (TPSA) is 72.7 Å². The standard InChI is InChI=1S/C16H20N2O3/c1-3-21-16(20)13-10-18-14-6-5-11(2)9-12(14)15(13)17-7-4-8-19/h5-6,9-10,19H,3-4,7-8H2,1-2H3,(H,17,18)/p+1. The van der Waals surface area contributed by atoms with Gasteiger partial charge >= 0.3 is 5.97 Å². The minimum Gasteiger partial charge on any atom is -0.462 e. The first-order valence-electron chi connectivity index (χ1n) is 7.14. The number of aliphatic hydroxyl groups excluding tert-OH is 1. The third kappa shape index (κ3) is 3.49. The lowest BCUT2D eigenvalue weighted by Gasteiger charge is -2.11. The van der Waals surface area contributed by atoms with Crippen LogP contribution >= 0.6 is 0 Å². The Hall–Kier alpha value is -2.14. The highest BCUT2D eigenvalue weighted by Crippen LogP contribution is 2.26. The molecule has 5 heteroatoms. The van der Waals surface area contributed by atoms with Crippen molar-refractivity contribution in [1.29, 1.82) is 0 Å². The Morgan fingerprint density at radius 1 is 1.43 bits per heavy atom. The molecule has 1 aromatic heterocycles. The Kier molecular flexibility index (Phi) is 5.11. The molecule has 0 fully saturated rings. The molecule has 0 saturated carbocycles. The number of anilines is 1. The maximum absolute atomic E-state index is 12.1. The average molecular weight is 289 g/mol. The summed E-state index contributed by atoms with van der Waals surface area (Å²) in [7, 11) is 0. The number of aryl methyl sites for hydroxylation is 1. The number of aromatic nitrogens is 1. The van der Waals surface area contributed by atoms with Gasteiger partial charge in [-0.3, -0.25) is 0 Å². The van der Waals surface area contributed by atoms with Crippen LogP contribution in [0.4, 0.5) is 5.69 Å². The van der Waals surface area contributed by atoms with Gasteiger partial charge in [0.15, 0.2) is 6.20 Å². The Morgan fingerprint density at radius 3 is 2.95 bits per heavy atom. The number of carbonyl (C=O) groups excluding carboxylic acids is 1. The van der Waals surface area contributed by atoms with Crippen LogP contribution in [0.15, 0.2) is 24.4 Å². The maximum Gasteiger partial charge on any atom is 0.346 e. The maximum atomic E-state index is 12.1. The summed E-state index contributed by atoms with van der Waals surface area (Å²) < 4.78 is 5.11. The van der Waals surface area contributed by atoms with E-state index in [9.17, 15) is 4.79 Å². The van der Waals surface area contributed by atoms with Gasteiger partial charge < -0.3 is 15.2 Å². The first-order chi connectivity index (χ1) is 10.2. The fourth-order valence-corrected chi connectivity index (χ4v) is 2.21. The number of fused-ring (bicyclic) bond motifs is 1. The normalized spacial score (nSPS) is 10.6. The van der Waals surface area contributed by atoms with Gasteiger partial charge in [-0.25, -0.2) is 9.78 Å². The second kappa shape index (κ2) is 7.04. The number of pyridine rings is 1. The van der Waals surface area contributed by atoms with Gasteiger partial charge in [0.05, 0.1) is 17.7 Å². The van der Waals surface area contributed by atoms with E-state index in [1.165, 1.54) is 0 Å². The van der Waals surface area contributed by atoms with Crippen LogP contribution in [0.1, 0.15) is 29.3 Å². The van der Waals surface area contributed by atoms with Crippen LogP contribution in [-0.2, 0) is 4.74 Å². The van der Waals surface area contributed by atoms with Crippen molar-refractivity contribution in [3.8, 4) is 0 Å². The molecule has 0 amide bonds. The van der Waals surface area contributed by atoms with Crippen LogP contribution in [0.3, 0.4) is 0 Å². The SMILES string of the molecule is CCOC(=O)c1c[nH+]c2ccc(C)cc2c1NCCCO. The van der Waals surface area contributed by atoms with Crippen molar-refractivity contribution >= 4 is 22.6 Å². The minimum atomic E-state index is -0.358. The Balaban J connectivity index is 2.50. The lowest BCUT2D eigenvalue weighted by Crippen LogP contribution is -2.17. The van der Waals surface area contributed by atoms with Gasteiger partial charge in [0, 0.05) is 19.2 Å². The first kappa shape index (κ1) is 15.3. The number of aromatic amines is 1. The van der Waals surface area contributed by atoms with Gasteiger partial charge in [-0.1, -0.05) is 6.07 Å². The summed E-state index contributed by atoms with van der Waals surface area (Å²) in [5, 5.41) is 13.1. The van der Waals surface area contributed by atoms with Crippen molar-refractivity contribution in [3.05, 3.63) is 35.5 Å². The molecule has 0 atom stereocenters. The Bertz CT molecular complexity index is 641. The lowest BCUT2D eigenvalue weighted by atomic mass is 10.1. The molecular weight excluding hydrogens is 268 g/mol. The number of rotatable bonds is 6. The molecule has 0 spiro atoms. The predicted octanol–water partition coefficient (Wildman–Crippen LogP) is 1.93. The average Bonchev–Trinajstić information content (AvgIpc) is 2.47. The summed E-state index contributed by atoms with van der Waals surface area (Å²) in [6.45, 7) is 4.83. The number of benzene rings is 1. The van der Waals surface area contributed by atoms with E-state index in [4.69, 9.17) is 9.84 Å². The van der Waals surface area contributed by atoms with Crippen molar-refractivity contribution in [3.63, 3.8) is 0 Å². The van der Waals surface area contributed by atoms with Gasteiger partial charge in [0.1, 0.15) is 5.56 Å². The monoisotopic (exact) mass is 289 g/mol. The predicted molar refractivity (Wildman–Crippen MR) is 81.4 cm³/mol. The zero-order valence-corrected chi connectivity index (χ0v) is 12.4. The molecule has 2 rings (SSSR count). The molecule has 0 bridgehead atoms. The van der Waals surface area contributed by atoms with Crippen LogP contribution in [0.25, 0.3) is 10.9 Å². The zero-order chi connectivity index (χ0) is 15.2. The number of aliphatic hydroxyl groups is 1. The van der Waals surface area contributed by atoms with Gasteiger partial charge in [0.25, 0.3) is 0 Å². The summed E-state index contributed by atoms with van der Waals surface area (Å²) >= 11 is 0. The molecule has 112 valence electrons. The largest absolute Gasteiger partial charge is 0.462 e. The number of carbonyl (C=O) groups is 1. The van der Waals surface area contributed by atoms with Gasteiger partial charge in [-0.05, 0) is 31.9 Å². The molecule has 0 aliphatic rings. The molecule has 1 heterocycles. The van der Waals surface area contributed by atoms with E-state index in [1.54, 1.807) is 13.1 Å². The van der Waals surface area contributed by atoms with Crippen molar-refractivity contribution in [2.24, 2.45) is 0 Å². The summed E-state index contributed by atoms with van der Waals surface area (Å²) in [6.07, 6.45) is 2.28. The van der Waals surface area contributed by atoms with Crippen LogP contribution in [0, 0.1) is 6.92 Å². The first-order valence-corrected chi connectivity index (χ1v) is 7.14. The van der Waals surface area contributed by atoms with E-state index in [1.807, 2.05) is 25.1 Å². The molecule has 1 aromatic carbocycles. The Labute approximate surface area is 124 Å². The van der Waals surface area contributed by atoms with E-state index in [2.05, 4.69) is 10.3 Å². The van der Waals surface area contributed by atoms with Crippen molar-refractivity contribution in [2.45, 2.75) is 20.3 Å². The lowest BCUT2D eigenvalue weighted by molar-refractivity contribution is -0.344. The van der Waals surface area contributed by atoms with Crippen LogP contribution in [-0.4, -0.2) is 30.8 Å². The number of nitrogens with one attached hydrogen (secondary N) is 2. The van der Waals surface area contributed by atoms with Crippen LogP contribution in [0.2, 0.25) is 0 Å². The second-order valence-corrected chi connectivity index (χ2v) is 4.85. The van der Waals surface area contributed by atoms with E-state index in [0.717, 1.165) is 22.2 Å². The van der Waals surface area contributed by atoms with E-state index in [-0.39, 0.29) is 12.6 Å². The third-order valence-electron chi connectivity index (χ3n) is 3.22. The number of ether oxygens (including phenoxy) is 1. The van der Waals surface area contributed by atoms with E-state index < -0.39 is 0 Å². The summed E-state index contributed by atoms with van der Waals surface area (Å²) in [6, 6.07) is 6.02. The summed E-state index contributed by atoms with van der Waals surface area (Å²) in [4.78, 5) is 15.2.